The van der Waals surface area contributed by atoms with E-state index >= 15 is 0 Å². The number of phosphoric acid groups is 1. The van der Waals surface area contributed by atoms with Crippen molar-refractivity contribution in [2.24, 2.45) is 0 Å². The van der Waals surface area contributed by atoms with Crippen LogP contribution >= 0.6 is 26.9 Å². The topological polar surface area (TPSA) is 116 Å². The molecule has 1 saturated heterocycles. The van der Waals surface area contributed by atoms with Crippen LogP contribution in [0.5, 0.6) is 0 Å². The highest BCUT2D eigenvalue weighted by Crippen LogP contribution is 2.61. The molecule has 7 nitrogen and oxygen atoms in total. The summed E-state index contributed by atoms with van der Waals surface area (Å²) in [6, 6.07) is 0. The molecule has 1 aliphatic rings. The van der Waals surface area contributed by atoms with Crippen LogP contribution in [0.25, 0.3) is 0 Å². The van der Waals surface area contributed by atoms with Gasteiger partial charge < -0.3 is 19.6 Å². The molecule has 4 N–H and O–H groups in total. The quantitative estimate of drug-likeness (QED) is 0.340. The molecule has 0 unspecified atom stereocenters. The highest BCUT2D eigenvalue weighted by Gasteiger charge is 2.33. The van der Waals surface area contributed by atoms with Gasteiger partial charge in [0.2, 0.25) is 0 Å². The van der Waals surface area contributed by atoms with Crippen molar-refractivity contribution in [3.63, 3.8) is 0 Å². The van der Waals surface area contributed by atoms with Crippen LogP contribution in [0.1, 0.15) is 0 Å². The van der Waals surface area contributed by atoms with Gasteiger partial charge in [-0.05, 0) is 11.8 Å². The van der Waals surface area contributed by atoms with Crippen molar-refractivity contribution in [3.05, 3.63) is 0 Å². The van der Waals surface area contributed by atoms with Crippen LogP contribution in [0.4, 0.5) is 0 Å². The van der Waals surface area contributed by atoms with Crippen molar-refractivity contribution in [1.29, 1.82) is 0 Å². The first kappa shape index (κ1) is 12.0. The Morgan fingerprint density at radius 1 is 1.36 bits per heavy atom. The smallest absolute Gasteiger partial charge is 0.325 e. The molecule has 0 aromatic rings. The lowest BCUT2D eigenvalue weighted by molar-refractivity contribution is 0.269. The van der Waals surface area contributed by atoms with Gasteiger partial charge in [-0.25, -0.2) is 4.57 Å². The molecule has 0 spiro atoms. The summed E-state index contributed by atoms with van der Waals surface area (Å²) in [6.07, 6.45) is 0. The van der Waals surface area contributed by atoms with Crippen LogP contribution in [0, 0.1) is 0 Å². The maximum absolute atomic E-state index is 9.76. The van der Waals surface area contributed by atoms with Gasteiger partial charge in [0, 0.05) is 0 Å². The van der Waals surface area contributed by atoms with E-state index in [4.69, 9.17) is 19.6 Å². The minimum absolute atomic E-state index is 0.531. The minimum atomic E-state index is -3.81. The van der Waals surface area contributed by atoms with Crippen LogP contribution in [0.3, 0.4) is 0 Å². The first-order valence-electron chi connectivity index (χ1n) is 1.86. The van der Waals surface area contributed by atoms with Crippen LogP contribution in [-0.2, 0) is 24.3 Å². The number of hydrogen-bond acceptors (Lipinski definition) is 5. The second kappa shape index (κ2) is 4.29. The van der Waals surface area contributed by atoms with Crippen LogP contribution in [-0.4, -0.2) is 19.6 Å². The van der Waals surface area contributed by atoms with Crippen molar-refractivity contribution in [2.75, 3.05) is 0 Å². The Labute approximate surface area is 71.2 Å². The zero-order valence-corrected chi connectivity index (χ0v) is 8.15. The van der Waals surface area contributed by atoms with E-state index in [-0.39, 0.29) is 0 Å². The van der Waals surface area contributed by atoms with Crippen molar-refractivity contribution < 1.29 is 32.1 Å². The summed E-state index contributed by atoms with van der Waals surface area (Å²) >= 11 is 4.14. The summed E-state index contributed by atoms with van der Waals surface area (Å²) in [4.78, 5) is 30.7. The van der Waals surface area contributed by atoms with E-state index in [2.05, 4.69) is 19.7 Å². The molecule has 0 saturated carbocycles. The van der Waals surface area contributed by atoms with Crippen molar-refractivity contribution in [1.82, 2.24) is 0 Å². The van der Waals surface area contributed by atoms with Crippen molar-refractivity contribution in [2.45, 2.75) is 0 Å². The molecular weight excluding hydrogens is 238 g/mol. The fraction of sp³-hybridized carbons (Fsp3) is 0. The Morgan fingerprint density at radius 3 is 1.55 bits per heavy atom. The largest absolute Gasteiger partial charge is 0.498 e. The molecule has 0 aliphatic carbocycles. The molecule has 1 aliphatic heterocycles. The molecule has 68 valence electrons. The Bertz CT molecular complexity index is 188. The molecular formula is H4O7P2S2. The average molecular weight is 242 g/mol. The summed E-state index contributed by atoms with van der Waals surface area (Å²) in [5.41, 5.74) is 0. The third-order valence-corrected chi connectivity index (χ3v) is 2.24. The lowest BCUT2D eigenvalue weighted by atomic mass is 15.7. The van der Waals surface area contributed by atoms with Gasteiger partial charge in [0.05, 0.1) is 0 Å². The summed E-state index contributed by atoms with van der Waals surface area (Å²) in [6.45, 7) is -3.81. The fourth-order valence-electron chi connectivity index (χ4n) is 0.0825. The van der Waals surface area contributed by atoms with Crippen LogP contribution in [0.2, 0.25) is 0 Å². The van der Waals surface area contributed by atoms with Crippen LogP contribution in [0.15, 0.2) is 0 Å². The normalized spacial score (nSPS) is 21.1. The van der Waals surface area contributed by atoms with E-state index in [0.29, 0.717) is 12.3 Å². The summed E-state index contributed by atoms with van der Waals surface area (Å²) in [5.74, 6) is 0. The average Bonchev–Trinajstić information content (AvgIpc) is 1.57. The van der Waals surface area contributed by atoms with Crippen LogP contribution < -0.4 is 0 Å². The molecule has 11 heavy (non-hydrogen) atoms. The predicted octanol–water partition coefficient (Wildman–Crippen LogP) is -0.115. The van der Waals surface area contributed by atoms with Gasteiger partial charge in [0.25, 0.3) is 0 Å². The van der Waals surface area contributed by atoms with Crippen molar-refractivity contribution in [3.8, 4) is 0 Å². The molecule has 0 amide bonds. The standard InChI is InChI=1S/HO4PS.H3O3PS/c1-5(2)3-6-4-5;1-4(2,3)5/h(H,1,2);(H3,1,2,3,5). The van der Waals surface area contributed by atoms with Gasteiger partial charge >= 0.3 is 14.5 Å². The number of hydrogen-bond donors (Lipinski definition) is 4. The molecule has 0 aromatic heterocycles. The van der Waals surface area contributed by atoms with Gasteiger partial charge in [0.15, 0.2) is 12.3 Å². The molecule has 0 bridgehead atoms. The van der Waals surface area contributed by atoms with Gasteiger partial charge in [0.1, 0.15) is 0 Å². The molecule has 1 fully saturated rings. The third kappa shape index (κ3) is 11.0. The Balaban J connectivity index is 0.000000187. The molecule has 0 radical (unpaired) electrons. The zero-order chi connectivity index (χ0) is 9.12. The fourth-order valence-corrected chi connectivity index (χ4v) is 0.742. The van der Waals surface area contributed by atoms with Crippen molar-refractivity contribution >= 4 is 38.7 Å². The molecule has 1 rings (SSSR count). The van der Waals surface area contributed by atoms with Gasteiger partial charge in [-0.3, -0.25) is 0 Å². The van der Waals surface area contributed by atoms with E-state index in [1.54, 1.807) is 0 Å². The van der Waals surface area contributed by atoms with E-state index < -0.39 is 14.5 Å². The number of rotatable bonds is 0. The highest BCUT2D eigenvalue weighted by atomic mass is 32.5. The molecule has 1 heterocycles. The maximum atomic E-state index is 9.76. The first-order chi connectivity index (χ1) is 4.71. The lowest BCUT2D eigenvalue weighted by Gasteiger charge is -2.14. The highest BCUT2D eigenvalue weighted by molar-refractivity contribution is 8.06. The van der Waals surface area contributed by atoms with E-state index in [0.717, 1.165) is 0 Å². The molecule has 0 aromatic carbocycles. The Kier molecular flexibility index (Phi) is 4.68. The van der Waals surface area contributed by atoms with E-state index in [1.807, 2.05) is 0 Å². The zero-order valence-electron chi connectivity index (χ0n) is 4.72. The third-order valence-electron chi connectivity index (χ3n) is 0.249. The molecule has 11 heteroatoms. The van der Waals surface area contributed by atoms with E-state index in [1.165, 1.54) is 0 Å². The van der Waals surface area contributed by atoms with Gasteiger partial charge in [-0.15, -0.1) is 0 Å². The van der Waals surface area contributed by atoms with E-state index in [9.17, 15) is 4.57 Å². The molecule has 0 atom stereocenters. The summed E-state index contributed by atoms with van der Waals surface area (Å²) in [7, 11) is -3.50. The Morgan fingerprint density at radius 2 is 1.55 bits per heavy atom. The predicted molar refractivity (Wildman–Crippen MR) is 40.5 cm³/mol. The Hall–Kier alpha value is 0.990. The van der Waals surface area contributed by atoms with Gasteiger partial charge in [-0.1, -0.05) is 0 Å². The maximum Gasteiger partial charge on any atom is 0.498 e. The second-order valence-electron chi connectivity index (χ2n) is 1.20. The summed E-state index contributed by atoms with van der Waals surface area (Å²) < 4.78 is 17.6. The SMILES string of the molecule is O=P1(O)OSO1.OP(O)(O)=S. The van der Waals surface area contributed by atoms with Gasteiger partial charge in [-0.2, -0.15) is 7.94 Å². The second-order valence-corrected chi connectivity index (χ2v) is 5.96. The summed E-state index contributed by atoms with van der Waals surface area (Å²) in [5, 5.41) is 0. The minimum Gasteiger partial charge on any atom is -0.325 e. The monoisotopic (exact) mass is 242 g/mol. The first-order valence-corrected chi connectivity index (χ1v) is 6.69. The lowest BCUT2D eigenvalue weighted by Crippen LogP contribution is -1.91.